The summed E-state index contributed by atoms with van der Waals surface area (Å²) in [6.45, 7) is 4.25. The van der Waals surface area contributed by atoms with Gasteiger partial charge in [-0.2, -0.15) is 13.2 Å². The maximum absolute atomic E-state index is 13.9. The van der Waals surface area contributed by atoms with Crippen molar-refractivity contribution in [3.63, 3.8) is 0 Å². The third-order valence-corrected chi connectivity index (χ3v) is 7.54. The molecule has 0 bridgehead atoms. The molecule has 8 nitrogen and oxygen atoms in total. The maximum atomic E-state index is 13.9. The van der Waals surface area contributed by atoms with Gasteiger partial charge in [-0.05, 0) is 41.3 Å². The number of hydrogen-bond acceptors (Lipinski definition) is 5. The number of ether oxygens (including phenoxy) is 1. The summed E-state index contributed by atoms with van der Waals surface area (Å²) in [7, 11) is 0. The van der Waals surface area contributed by atoms with E-state index in [1.807, 2.05) is 6.07 Å². The SMILES string of the molecule is CC(=O)N1C=C(c2cccc(OCc3cccc(Cl)c3)c2)N(CC(=O)N[C@@H](Cc2ccccc2)C(=O)C(F)(F)F)C(=O)[C@H]1C(C)C. The molecule has 0 unspecified atom stereocenters. The zero-order chi connectivity index (χ0) is 33.6. The van der Waals surface area contributed by atoms with Crippen molar-refractivity contribution in [1.29, 1.82) is 0 Å². The highest BCUT2D eigenvalue weighted by molar-refractivity contribution is 6.30. The normalized spacial score (nSPS) is 15.8. The van der Waals surface area contributed by atoms with E-state index in [1.165, 1.54) is 18.0 Å². The summed E-state index contributed by atoms with van der Waals surface area (Å²) in [5, 5.41) is 2.74. The fourth-order valence-corrected chi connectivity index (χ4v) is 5.36. The molecule has 3 amide bonds. The molecular formula is C34H33ClF3N3O5. The number of halogens is 4. The summed E-state index contributed by atoms with van der Waals surface area (Å²) in [5.74, 6) is -4.08. The maximum Gasteiger partial charge on any atom is 0.452 e. The van der Waals surface area contributed by atoms with Gasteiger partial charge in [-0.3, -0.25) is 24.1 Å². The topological polar surface area (TPSA) is 96.0 Å². The Kier molecular flexibility index (Phi) is 10.9. The van der Waals surface area contributed by atoms with Crippen LogP contribution in [-0.4, -0.2) is 58.1 Å². The number of amides is 3. The lowest BCUT2D eigenvalue weighted by molar-refractivity contribution is -0.173. The minimum atomic E-state index is -5.20. The highest BCUT2D eigenvalue weighted by Gasteiger charge is 2.45. The van der Waals surface area contributed by atoms with Gasteiger partial charge in [0.1, 0.15) is 31.0 Å². The van der Waals surface area contributed by atoms with Crippen molar-refractivity contribution in [2.75, 3.05) is 6.54 Å². The van der Waals surface area contributed by atoms with E-state index in [9.17, 15) is 32.3 Å². The van der Waals surface area contributed by atoms with Gasteiger partial charge in [0.05, 0.1) is 5.70 Å². The minimum absolute atomic E-state index is 0.155. The van der Waals surface area contributed by atoms with E-state index >= 15 is 0 Å². The number of alkyl halides is 3. The molecule has 242 valence electrons. The molecule has 0 aromatic heterocycles. The molecule has 1 aliphatic heterocycles. The van der Waals surface area contributed by atoms with Crippen LogP contribution in [0.2, 0.25) is 5.02 Å². The van der Waals surface area contributed by atoms with Crippen molar-refractivity contribution in [3.05, 3.63) is 107 Å². The van der Waals surface area contributed by atoms with Gasteiger partial charge in [0.2, 0.25) is 11.8 Å². The van der Waals surface area contributed by atoms with Gasteiger partial charge in [0.25, 0.3) is 11.7 Å². The summed E-state index contributed by atoms with van der Waals surface area (Å²) in [6, 6.07) is 18.8. The fourth-order valence-electron chi connectivity index (χ4n) is 5.14. The Morgan fingerprint density at radius 1 is 0.957 bits per heavy atom. The lowest BCUT2D eigenvalue weighted by Gasteiger charge is -2.40. The highest BCUT2D eigenvalue weighted by Crippen LogP contribution is 2.32. The summed E-state index contributed by atoms with van der Waals surface area (Å²) < 4.78 is 46.5. The van der Waals surface area contributed by atoms with Crippen LogP contribution in [0.1, 0.15) is 37.5 Å². The summed E-state index contributed by atoms with van der Waals surface area (Å²) in [5.41, 5.74) is 1.78. The van der Waals surface area contributed by atoms with Crippen LogP contribution >= 0.6 is 11.6 Å². The first-order valence-corrected chi connectivity index (χ1v) is 14.9. The van der Waals surface area contributed by atoms with E-state index in [-0.39, 0.29) is 18.2 Å². The van der Waals surface area contributed by atoms with Crippen molar-refractivity contribution >= 4 is 40.8 Å². The number of hydrogen-bond donors (Lipinski definition) is 1. The summed E-state index contributed by atoms with van der Waals surface area (Å²) >= 11 is 6.07. The van der Waals surface area contributed by atoms with E-state index in [1.54, 1.807) is 86.6 Å². The zero-order valence-corrected chi connectivity index (χ0v) is 26.1. The van der Waals surface area contributed by atoms with Crippen LogP contribution in [0.25, 0.3) is 5.70 Å². The molecule has 4 rings (SSSR count). The lowest BCUT2D eigenvalue weighted by atomic mass is 9.97. The van der Waals surface area contributed by atoms with E-state index in [0.29, 0.717) is 21.9 Å². The number of nitrogens with zero attached hydrogens (tertiary/aromatic N) is 2. The summed E-state index contributed by atoms with van der Waals surface area (Å²) in [4.78, 5) is 54.6. The zero-order valence-electron chi connectivity index (χ0n) is 25.4. The molecule has 1 heterocycles. The van der Waals surface area contributed by atoms with Gasteiger partial charge in [0, 0.05) is 30.1 Å². The molecular weight excluding hydrogens is 623 g/mol. The molecule has 2 atom stereocenters. The average molecular weight is 656 g/mol. The molecule has 0 spiro atoms. The first-order valence-electron chi connectivity index (χ1n) is 14.5. The number of carbonyl (C=O) groups is 4. The Morgan fingerprint density at radius 3 is 2.26 bits per heavy atom. The van der Waals surface area contributed by atoms with Gasteiger partial charge in [0.15, 0.2) is 0 Å². The third-order valence-electron chi connectivity index (χ3n) is 7.31. The largest absolute Gasteiger partial charge is 0.489 e. The van der Waals surface area contributed by atoms with Crippen LogP contribution < -0.4 is 10.1 Å². The van der Waals surface area contributed by atoms with Gasteiger partial charge in [-0.15, -0.1) is 0 Å². The Labute approximate surface area is 269 Å². The Hall–Kier alpha value is -4.64. The third kappa shape index (κ3) is 8.54. The monoisotopic (exact) mass is 655 g/mol. The summed E-state index contributed by atoms with van der Waals surface area (Å²) in [6.07, 6.45) is -4.16. The van der Waals surface area contributed by atoms with Crippen molar-refractivity contribution in [1.82, 2.24) is 15.1 Å². The molecule has 46 heavy (non-hydrogen) atoms. The van der Waals surface area contributed by atoms with Crippen molar-refractivity contribution in [2.24, 2.45) is 5.92 Å². The van der Waals surface area contributed by atoms with Gasteiger partial charge in [-0.1, -0.05) is 80.0 Å². The molecule has 1 aliphatic rings. The number of carbonyl (C=O) groups excluding carboxylic acids is 4. The quantitative estimate of drug-likeness (QED) is 0.282. The number of benzene rings is 3. The molecule has 0 saturated heterocycles. The number of rotatable bonds is 11. The van der Waals surface area contributed by atoms with Crippen molar-refractivity contribution in [3.8, 4) is 5.75 Å². The Morgan fingerprint density at radius 2 is 1.63 bits per heavy atom. The van der Waals surface area contributed by atoms with Gasteiger partial charge < -0.3 is 15.0 Å². The highest BCUT2D eigenvalue weighted by atomic mass is 35.5. The first kappa shape index (κ1) is 34.2. The van der Waals surface area contributed by atoms with Crippen molar-refractivity contribution in [2.45, 2.75) is 52.1 Å². The van der Waals surface area contributed by atoms with Gasteiger partial charge in [-0.25, -0.2) is 0 Å². The molecule has 0 aliphatic carbocycles. The van der Waals surface area contributed by atoms with E-state index < -0.39 is 54.7 Å². The number of nitrogens with one attached hydrogen (secondary N) is 1. The average Bonchev–Trinajstić information content (AvgIpc) is 3.00. The molecule has 0 saturated carbocycles. The van der Waals surface area contributed by atoms with Crippen LogP contribution in [0.4, 0.5) is 13.2 Å². The van der Waals surface area contributed by atoms with E-state index in [0.717, 1.165) is 10.5 Å². The predicted molar refractivity (Wildman–Crippen MR) is 166 cm³/mol. The van der Waals surface area contributed by atoms with Crippen LogP contribution in [-0.2, 0) is 32.2 Å². The van der Waals surface area contributed by atoms with E-state index in [2.05, 4.69) is 5.32 Å². The molecule has 12 heteroatoms. The molecule has 0 fully saturated rings. The Bertz CT molecular complexity index is 1630. The van der Waals surface area contributed by atoms with Crippen LogP contribution in [0.15, 0.2) is 85.1 Å². The second kappa shape index (κ2) is 14.6. The molecule has 1 N–H and O–H groups in total. The standard InChI is InChI=1S/C34H33ClF3N3O5/c1-21(2)31-33(45)41(19-30(43)39-28(32(44)34(36,37)38)16-23-9-5-4-6-10-23)29(18-40(31)22(3)42)25-12-8-14-27(17-25)46-20-24-11-7-13-26(35)15-24/h4-15,17-18,21,28,31H,16,19-20H2,1-3H3,(H,39,43)/t28-,31+/m0/s1. The predicted octanol–water partition coefficient (Wildman–Crippen LogP) is 5.79. The second-order valence-corrected chi connectivity index (χ2v) is 11.6. The number of Topliss-reactive ketones (excluding diaryl/α,β-unsaturated/α-hetero) is 1. The van der Waals surface area contributed by atoms with Crippen LogP contribution in [0.5, 0.6) is 5.75 Å². The fraction of sp³-hybridized carbons (Fsp3) is 0.294. The van der Waals surface area contributed by atoms with Crippen LogP contribution in [0.3, 0.4) is 0 Å². The molecule has 0 radical (unpaired) electrons. The minimum Gasteiger partial charge on any atom is -0.489 e. The molecule has 3 aromatic rings. The second-order valence-electron chi connectivity index (χ2n) is 11.2. The van der Waals surface area contributed by atoms with Gasteiger partial charge >= 0.3 is 6.18 Å². The first-order chi connectivity index (χ1) is 21.7. The number of ketones is 1. The Balaban J connectivity index is 1.65. The van der Waals surface area contributed by atoms with Crippen molar-refractivity contribution < 1.29 is 37.1 Å². The molecule has 3 aromatic carbocycles. The van der Waals surface area contributed by atoms with Crippen LogP contribution in [0, 0.1) is 5.92 Å². The van der Waals surface area contributed by atoms with E-state index in [4.69, 9.17) is 16.3 Å². The lowest BCUT2D eigenvalue weighted by Crippen LogP contribution is -2.57. The smallest absolute Gasteiger partial charge is 0.452 e.